The Morgan fingerprint density at radius 2 is 1.79 bits per heavy atom. The molecule has 1 unspecified atom stereocenters. The molecule has 24 heavy (non-hydrogen) atoms. The molecule has 1 aliphatic carbocycles. The van der Waals surface area contributed by atoms with Gasteiger partial charge in [-0.3, -0.25) is 9.10 Å². The van der Waals surface area contributed by atoms with E-state index in [4.69, 9.17) is 0 Å². The van der Waals surface area contributed by atoms with E-state index in [1.807, 2.05) is 26.0 Å². The first kappa shape index (κ1) is 18.8. The maximum atomic E-state index is 12.8. The van der Waals surface area contributed by atoms with Gasteiger partial charge in [0.2, 0.25) is 15.9 Å². The number of anilines is 1. The topological polar surface area (TPSA) is 66.5 Å². The molecular weight excluding hydrogens is 324 g/mol. The second-order valence-corrected chi connectivity index (χ2v) is 8.52. The molecule has 5 nitrogen and oxygen atoms in total. The van der Waals surface area contributed by atoms with Gasteiger partial charge in [0.15, 0.2) is 0 Å². The summed E-state index contributed by atoms with van der Waals surface area (Å²) in [7, 11) is -3.56. The van der Waals surface area contributed by atoms with Crippen LogP contribution >= 0.6 is 0 Å². The molecule has 0 bridgehead atoms. The molecule has 1 atom stereocenters. The molecular formula is C18H28N2O3S. The van der Waals surface area contributed by atoms with E-state index < -0.39 is 16.1 Å². The molecule has 0 aliphatic heterocycles. The van der Waals surface area contributed by atoms with Gasteiger partial charge in [-0.25, -0.2) is 8.42 Å². The summed E-state index contributed by atoms with van der Waals surface area (Å²) in [5.41, 5.74) is 1.58. The third-order valence-electron chi connectivity index (χ3n) is 4.57. The van der Waals surface area contributed by atoms with Crippen LogP contribution in [0.1, 0.15) is 51.0 Å². The second-order valence-electron chi connectivity index (χ2n) is 6.66. The zero-order chi connectivity index (χ0) is 17.7. The zero-order valence-electron chi connectivity index (χ0n) is 14.8. The number of sulfonamides is 1. The van der Waals surface area contributed by atoms with Gasteiger partial charge in [-0.2, -0.15) is 0 Å². The van der Waals surface area contributed by atoms with Crippen LogP contribution < -0.4 is 9.62 Å². The molecule has 0 spiro atoms. The average Bonchev–Trinajstić information content (AvgIpc) is 2.53. The van der Waals surface area contributed by atoms with Crippen LogP contribution in [-0.4, -0.2) is 32.7 Å². The fraction of sp³-hybridized carbons (Fsp3) is 0.611. The molecule has 1 fully saturated rings. The lowest BCUT2D eigenvalue weighted by Gasteiger charge is -2.32. The van der Waals surface area contributed by atoms with Crippen molar-refractivity contribution in [1.29, 1.82) is 0 Å². The lowest BCUT2D eigenvalue weighted by molar-refractivity contribution is -0.123. The van der Waals surface area contributed by atoms with Crippen molar-refractivity contribution in [3.8, 4) is 0 Å². The van der Waals surface area contributed by atoms with E-state index in [-0.39, 0.29) is 11.9 Å². The van der Waals surface area contributed by atoms with Crippen molar-refractivity contribution in [2.45, 2.75) is 64.5 Å². The minimum Gasteiger partial charge on any atom is -0.352 e. The van der Waals surface area contributed by atoms with Gasteiger partial charge in [-0.15, -0.1) is 0 Å². The Labute approximate surface area is 145 Å². The van der Waals surface area contributed by atoms with E-state index in [1.165, 1.54) is 10.7 Å². The van der Waals surface area contributed by atoms with E-state index >= 15 is 0 Å². The molecule has 1 aliphatic rings. The number of amides is 1. The Bertz CT molecular complexity index is 649. The summed E-state index contributed by atoms with van der Waals surface area (Å²) in [5.74, 6) is -0.199. The fourth-order valence-electron chi connectivity index (χ4n) is 3.30. The number of rotatable bonds is 6. The SMILES string of the molecule is CCC(C(=O)NC1CCCCC1)N(c1ccc(C)cc1)S(C)(=O)=O. The second kappa shape index (κ2) is 8.01. The highest BCUT2D eigenvalue weighted by molar-refractivity contribution is 7.92. The molecule has 0 heterocycles. The minimum absolute atomic E-state index is 0.166. The number of hydrogen-bond acceptors (Lipinski definition) is 3. The first-order chi connectivity index (χ1) is 11.3. The largest absolute Gasteiger partial charge is 0.352 e. The first-order valence-electron chi connectivity index (χ1n) is 8.69. The third kappa shape index (κ3) is 4.72. The number of aryl methyl sites for hydroxylation is 1. The number of hydrogen-bond donors (Lipinski definition) is 1. The highest BCUT2D eigenvalue weighted by atomic mass is 32.2. The van der Waals surface area contributed by atoms with Crippen LogP contribution in [0.15, 0.2) is 24.3 Å². The molecule has 0 aromatic heterocycles. The highest BCUT2D eigenvalue weighted by Gasteiger charge is 2.32. The van der Waals surface area contributed by atoms with Gasteiger partial charge in [0, 0.05) is 6.04 Å². The lowest BCUT2D eigenvalue weighted by atomic mass is 9.95. The number of benzene rings is 1. The van der Waals surface area contributed by atoms with Crippen molar-refractivity contribution in [2.75, 3.05) is 10.6 Å². The molecule has 0 radical (unpaired) electrons. The van der Waals surface area contributed by atoms with Gasteiger partial charge in [0.05, 0.1) is 11.9 Å². The van der Waals surface area contributed by atoms with Crippen molar-refractivity contribution < 1.29 is 13.2 Å². The molecule has 2 rings (SSSR count). The smallest absolute Gasteiger partial charge is 0.244 e. The third-order valence-corrected chi connectivity index (χ3v) is 5.75. The van der Waals surface area contributed by atoms with E-state index in [2.05, 4.69) is 5.32 Å². The maximum absolute atomic E-state index is 12.8. The number of carbonyl (C=O) groups excluding carboxylic acids is 1. The van der Waals surface area contributed by atoms with E-state index in [0.717, 1.165) is 37.5 Å². The predicted octanol–water partition coefficient (Wildman–Crippen LogP) is 2.99. The Hall–Kier alpha value is -1.56. The van der Waals surface area contributed by atoms with Crippen molar-refractivity contribution in [3.05, 3.63) is 29.8 Å². The number of nitrogens with zero attached hydrogens (tertiary/aromatic N) is 1. The highest BCUT2D eigenvalue weighted by Crippen LogP contribution is 2.24. The Morgan fingerprint density at radius 1 is 1.21 bits per heavy atom. The summed E-state index contributed by atoms with van der Waals surface area (Å²) < 4.78 is 26.0. The molecule has 134 valence electrons. The Morgan fingerprint density at radius 3 is 2.29 bits per heavy atom. The summed E-state index contributed by atoms with van der Waals surface area (Å²) in [6.45, 7) is 3.79. The molecule has 1 saturated carbocycles. The average molecular weight is 353 g/mol. The van der Waals surface area contributed by atoms with Crippen molar-refractivity contribution in [1.82, 2.24) is 5.32 Å². The number of carbonyl (C=O) groups is 1. The van der Waals surface area contributed by atoms with Crippen molar-refractivity contribution in [3.63, 3.8) is 0 Å². The molecule has 1 aromatic rings. The molecule has 6 heteroatoms. The zero-order valence-corrected chi connectivity index (χ0v) is 15.6. The van der Waals surface area contributed by atoms with Gasteiger partial charge in [-0.05, 0) is 38.3 Å². The van der Waals surface area contributed by atoms with E-state index in [0.29, 0.717) is 12.1 Å². The van der Waals surface area contributed by atoms with E-state index in [1.54, 1.807) is 12.1 Å². The Kier molecular flexibility index (Phi) is 6.27. The predicted molar refractivity (Wildman–Crippen MR) is 97.6 cm³/mol. The summed E-state index contributed by atoms with van der Waals surface area (Å²) in [5, 5.41) is 3.06. The van der Waals surface area contributed by atoms with Crippen LogP contribution in [0.4, 0.5) is 5.69 Å². The first-order valence-corrected chi connectivity index (χ1v) is 10.5. The Balaban J connectivity index is 2.24. The van der Waals surface area contributed by atoms with Crippen LogP contribution in [0.25, 0.3) is 0 Å². The van der Waals surface area contributed by atoms with Gasteiger partial charge in [-0.1, -0.05) is 43.9 Å². The number of nitrogens with one attached hydrogen (secondary N) is 1. The molecule has 1 N–H and O–H groups in total. The van der Waals surface area contributed by atoms with Crippen LogP contribution in [0.5, 0.6) is 0 Å². The van der Waals surface area contributed by atoms with Crippen LogP contribution in [0.2, 0.25) is 0 Å². The van der Waals surface area contributed by atoms with Crippen molar-refractivity contribution in [2.24, 2.45) is 0 Å². The summed E-state index contributed by atoms with van der Waals surface area (Å²) in [6.07, 6.45) is 6.99. The van der Waals surface area contributed by atoms with Crippen LogP contribution in [-0.2, 0) is 14.8 Å². The van der Waals surface area contributed by atoms with Crippen molar-refractivity contribution >= 4 is 21.6 Å². The molecule has 0 saturated heterocycles. The van der Waals surface area contributed by atoms with Gasteiger partial charge < -0.3 is 5.32 Å². The summed E-state index contributed by atoms with van der Waals surface area (Å²) in [6, 6.07) is 6.68. The minimum atomic E-state index is -3.56. The van der Waals surface area contributed by atoms with Crippen LogP contribution in [0.3, 0.4) is 0 Å². The fourth-order valence-corrected chi connectivity index (χ4v) is 4.51. The normalized spacial score (nSPS) is 17.3. The lowest BCUT2D eigenvalue weighted by Crippen LogP contribution is -2.51. The monoisotopic (exact) mass is 352 g/mol. The summed E-state index contributed by atoms with van der Waals surface area (Å²) in [4.78, 5) is 12.8. The van der Waals surface area contributed by atoms with Gasteiger partial charge in [0.1, 0.15) is 6.04 Å². The molecule has 1 amide bonds. The quantitative estimate of drug-likeness (QED) is 0.856. The van der Waals surface area contributed by atoms with Gasteiger partial charge >= 0.3 is 0 Å². The summed E-state index contributed by atoms with van der Waals surface area (Å²) >= 11 is 0. The standard InChI is InChI=1S/C18H28N2O3S/c1-4-17(18(21)19-15-8-6-5-7-9-15)20(24(3,22)23)16-12-10-14(2)11-13-16/h10-13,15,17H,4-9H2,1-3H3,(H,19,21). The maximum Gasteiger partial charge on any atom is 0.244 e. The van der Waals surface area contributed by atoms with Crippen LogP contribution in [0, 0.1) is 6.92 Å². The van der Waals surface area contributed by atoms with E-state index in [9.17, 15) is 13.2 Å². The molecule has 1 aromatic carbocycles. The van der Waals surface area contributed by atoms with Gasteiger partial charge in [0.25, 0.3) is 0 Å².